The normalized spacial score (nSPS) is 28.8. The molecule has 3 heterocycles. The molecule has 114 valence electrons. The number of hydrogen-bond donors (Lipinski definition) is 1. The summed E-state index contributed by atoms with van der Waals surface area (Å²) in [7, 11) is 0. The van der Waals surface area contributed by atoms with E-state index in [4.69, 9.17) is 4.74 Å². The highest BCUT2D eigenvalue weighted by molar-refractivity contribution is 5.80. The molecule has 2 saturated heterocycles. The maximum Gasteiger partial charge on any atom is 0.226 e. The fourth-order valence-electron chi connectivity index (χ4n) is 3.25. The molecule has 2 aliphatic rings. The number of fused-ring (bicyclic) bond motifs is 2. The zero-order valence-corrected chi connectivity index (χ0v) is 12.7. The number of pyridine rings is 1. The third kappa shape index (κ3) is 3.41. The number of nitrogens with one attached hydrogen (secondary N) is 1. The lowest BCUT2D eigenvalue weighted by atomic mass is 9.99. The van der Waals surface area contributed by atoms with Crippen molar-refractivity contribution >= 4 is 5.91 Å². The monoisotopic (exact) mass is 289 g/mol. The highest BCUT2D eigenvalue weighted by Gasteiger charge is 2.44. The Morgan fingerprint density at radius 1 is 1.48 bits per heavy atom. The van der Waals surface area contributed by atoms with E-state index in [1.54, 1.807) is 0 Å². The quantitative estimate of drug-likeness (QED) is 0.905. The Labute approximate surface area is 125 Å². The van der Waals surface area contributed by atoms with E-state index in [1.807, 2.05) is 38.2 Å². The van der Waals surface area contributed by atoms with Crippen LogP contribution in [0.25, 0.3) is 0 Å². The number of morpholine rings is 1. The van der Waals surface area contributed by atoms with Crippen LogP contribution in [0.4, 0.5) is 0 Å². The van der Waals surface area contributed by atoms with E-state index in [2.05, 4.69) is 15.2 Å². The second-order valence-corrected chi connectivity index (χ2v) is 6.32. The van der Waals surface area contributed by atoms with Gasteiger partial charge in [-0.15, -0.1) is 0 Å². The second kappa shape index (κ2) is 6.12. The Hall–Kier alpha value is -1.46. The number of carbonyl (C=O) groups excluding carboxylic acids is 1. The first-order chi connectivity index (χ1) is 10.1. The van der Waals surface area contributed by atoms with Gasteiger partial charge in [-0.3, -0.25) is 14.7 Å². The molecular formula is C16H23N3O2. The van der Waals surface area contributed by atoms with Gasteiger partial charge in [0, 0.05) is 31.9 Å². The van der Waals surface area contributed by atoms with Crippen LogP contribution in [0.1, 0.15) is 26.0 Å². The fourth-order valence-corrected chi connectivity index (χ4v) is 3.25. The number of rotatable bonds is 4. The summed E-state index contributed by atoms with van der Waals surface area (Å²) >= 11 is 0. The molecule has 1 aromatic rings. The molecule has 2 bridgehead atoms. The van der Waals surface area contributed by atoms with Crippen molar-refractivity contribution in [2.75, 3.05) is 13.1 Å². The molecule has 21 heavy (non-hydrogen) atoms. The standard InChI is InChI=1S/C16H23N3O2/c1-11(2)18-16(20)14-7-13-9-19(10-15(14)21-13)8-12-5-3-4-6-17-12/h3-6,11,13-15H,7-10H2,1-2H3,(H,18,20)/t13-,14+,15-/m1/s1. The number of carbonyl (C=O) groups is 1. The van der Waals surface area contributed by atoms with Gasteiger partial charge in [0.2, 0.25) is 5.91 Å². The van der Waals surface area contributed by atoms with Crippen molar-refractivity contribution in [2.45, 2.75) is 45.1 Å². The zero-order valence-electron chi connectivity index (χ0n) is 12.7. The van der Waals surface area contributed by atoms with Gasteiger partial charge in [-0.1, -0.05) is 6.07 Å². The average Bonchev–Trinajstić information content (AvgIpc) is 2.74. The lowest BCUT2D eigenvalue weighted by molar-refractivity contribution is -0.128. The van der Waals surface area contributed by atoms with E-state index in [9.17, 15) is 4.79 Å². The molecule has 3 atom stereocenters. The third-order valence-electron chi connectivity index (χ3n) is 4.11. The Kier molecular flexibility index (Phi) is 4.22. The summed E-state index contributed by atoms with van der Waals surface area (Å²) in [6.45, 7) is 6.51. The molecule has 1 aromatic heterocycles. The van der Waals surface area contributed by atoms with Gasteiger partial charge >= 0.3 is 0 Å². The molecular weight excluding hydrogens is 266 g/mol. The minimum atomic E-state index is -0.00821. The van der Waals surface area contributed by atoms with Gasteiger partial charge in [0.15, 0.2) is 0 Å². The number of ether oxygens (including phenoxy) is 1. The number of aromatic nitrogens is 1. The van der Waals surface area contributed by atoms with E-state index < -0.39 is 0 Å². The topological polar surface area (TPSA) is 54.5 Å². The van der Waals surface area contributed by atoms with E-state index in [0.717, 1.165) is 31.7 Å². The highest BCUT2D eigenvalue weighted by atomic mass is 16.5. The van der Waals surface area contributed by atoms with Gasteiger partial charge in [0.05, 0.1) is 23.8 Å². The SMILES string of the molecule is CC(C)NC(=O)[C@H]1C[C@@H]2CN(Cc3ccccn3)C[C@H]1O2. The highest BCUT2D eigenvalue weighted by Crippen LogP contribution is 2.32. The molecule has 3 rings (SSSR count). The van der Waals surface area contributed by atoms with Gasteiger partial charge in [-0.05, 0) is 32.4 Å². The van der Waals surface area contributed by atoms with E-state index in [-0.39, 0.29) is 30.1 Å². The van der Waals surface area contributed by atoms with Crippen molar-refractivity contribution in [1.82, 2.24) is 15.2 Å². The Morgan fingerprint density at radius 3 is 3.05 bits per heavy atom. The predicted molar refractivity (Wildman–Crippen MR) is 79.6 cm³/mol. The van der Waals surface area contributed by atoms with Crippen molar-refractivity contribution in [1.29, 1.82) is 0 Å². The maximum atomic E-state index is 12.2. The molecule has 2 fully saturated rings. The van der Waals surface area contributed by atoms with Crippen molar-refractivity contribution in [3.63, 3.8) is 0 Å². The summed E-state index contributed by atoms with van der Waals surface area (Å²) in [5, 5.41) is 3.01. The maximum absolute atomic E-state index is 12.2. The van der Waals surface area contributed by atoms with E-state index in [1.165, 1.54) is 0 Å². The van der Waals surface area contributed by atoms with Crippen LogP contribution in [-0.2, 0) is 16.1 Å². The summed E-state index contributed by atoms with van der Waals surface area (Å²) in [5.74, 6) is 0.128. The van der Waals surface area contributed by atoms with Crippen molar-refractivity contribution in [3.05, 3.63) is 30.1 Å². The lowest BCUT2D eigenvalue weighted by Crippen LogP contribution is -2.45. The Balaban J connectivity index is 1.61. The molecule has 0 aromatic carbocycles. The number of amides is 1. The molecule has 5 nitrogen and oxygen atoms in total. The molecule has 2 aliphatic heterocycles. The van der Waals surface area contributed by atoms with Gasteiger partial charge < -0.3 is 10.1 Å². The van der Waals surface area contributed by atoms with Crippen LogP contribution in [0, 0.1) is 5.92 Å². The first-order valence-electron chi connectivity index (χ1n) is 7.70. The number of likely N-dealkylation sites (tertiary alicyclic amines) is 1. The van der Waals surface area contributed by atoms with E-state index >= 15 is 0 Å². The van der Waals surface area contributed by atoms with Crippen LogP contribution >= 0.6 is 0 Å². The molecule has 1 amide bonds. The van der Waals surface area contributed by atoms with Crippen LogP contribution in [0.2, 0.25) is 0 Å². The molecule has 0 unspecified atom stereocenters. The summed E-state index contributed by atoms with van der Waals surface area (Å²) in [5.41, 5.74) is 1.07. The Morgan fingerprint density at radius 2 is 2.33 bits per heavy atom. The summed E-state index contributed by atoms with van der Waals surface area (Å²) in [6, 6.07) is 6.16. The minimum Gasteiger partial charge on any atom is -0.371 e. The van der Waals surface area contributed by atoms with E-state index in [0.29, 0.717) is 0 Å². The molecule has 5 heteroatoms. The van der Waals surface area contributed by atoms with Crippen LogP contribution < -0.4 is 5.32 Å². The van der Waals surface area contributed by atoms with Gasteiger partial charge in [0.1, 0.15) is 0 Å². The van der Waals surface area contributed by atoms with Crippen molar-refractivity contribution in [2.24, 2.45) is 5.92 Å². The minimum absolute atomic E-state index is 0.00821. The zero-order chi connectivity index (χ0) is 14.8. The molecule has 1 N–H and O–H groups in total. The molecule has 0 radical (unpaired) electrons. The number of hydrogen-bond acceptors (Lipinski definition) is 4. The Bertz CT molecular complexity index is 492. The van der Waals surface area contributed by atoms with Crippen molar-refractivity contribution in [3.8, 4) is 0 Å². The van der Waals surface area contributed by atoms with Gasteiger partial charge in [-0.25, -0.2) is 0 Å². The van der Waals surface area contributed by atoms with Crippen LogP contribution in [0.15, 0.2) is 24.4 Å². The van der Waals surface area contributed by atoms with Gasteiger partial charge in [0.25, 0.3) is 0 Å². The summed E-state index contributed by atoms with van der Waals surface area (Å²) in [6.07, 6.45) is 2.85. The molecule has 0 aliphatic carbocycles. The third-order valence-corrected chi connectivity index (χ3v) is 4.11. The van der Waals surface area contributed by atoms with Crippen LogP contribution in [0.5, 0.6) is 0 Å². The molecule has 0 saturated carbocycles. The predicted octanol–water partition coefficient (Wildman–Crippen LogP) is 1.20. The molecule has 0 spiro atoms. The van der Waals surface area contributed by atoms with Crippen LogP contribution in [-0.4, -0.2) is 47.1 Å². The first kappa shape index (κ1) is 14.5. The van der Waals surface area contributed by atoms with Gasteiger partial charge in [-0.2, -0.15) is 0 Å². The fraction of sp³-hybridized carbons (Fsp3) is 0.625. The first-order valence-corrected chi connectivity index (χ1v) is 7.70. The summed E-state index contributed by atoms with van der Waals surface area (Å²) < 4.78 is 5.96. The largest absolute Gasteiger partial charge is 0.371 e. The van der Waals surface area contributed by atoms with Crippen molar-refractivity contribution < 1.29 is 9.53 Å². The van der Waals surface area contributed by atoms with Crippen LogP contribution in [0.3, 0.4) is 0 Å². The number of nitrogens with zero attached hydrogens (tertiary/aromatic N) is 2. The average molecular weight is 289 g/mol. The smallest absolute Gasteiger partial charge is 0.226 e. The second-order valence-electron chi connectivity index (χ2n) is 6.32. The summed E-state index contributed by atoms with van der Waals surface area (Å²) in [4.78, 5) is 19.0. The lowest BCUT2D eigenvalue weighted by Gasteiger charge is -2.32.